The Bertz CT molecular complexity index is 873. The molecule has 0 aromatic carbocycles. The highest BCUT2D eigenvalue weighted by molar-refractivity contribution is 5.85. The van der Waals surface area contributed by atoms with Crippen molar-refractivity contribution in [2.75, 3.05) is 7.11 Å². The average Bonchev–Trinajstić information content (AvgIpc) is 3.07. The molecule has 0 aromatic heterocycles. The molecule has 0 radical (unpaired) electrons. The third-order valence-electron chi connectivity index (χ3n) is 12.5. The Morgan fingerprint density at radius 3 is 2.37 bits per heavy atom. The maximum Gasteiger partial charge on any atom is 0.138 e. The van der Waals surface area contributed by atoms with E-state index < -0.39 is 17.8 Å². The minimum atomic E-state index is -0.901. The molecule has 200 valence electrons. The second-order valence-electron chi connectivity index (χ2n) is 14.6. The lowest BCUT2D eigenvalue weighted by Gasteiger charge is -2.63. The standard InChI is InChI=1S/C31H52O4/c1-19(18-23(32)26(34)28(4,5)35-9)20-12-16-31(8)22-10-11-24-27(2,3)25(33)14-15-29(24,6)21(22)13-17-30(20,31)7/h10,19-21,23-24,26,32,34H,11-18H2,1-9H3/t19-,20-,21-,23+,24-,26-,29+,30-,31+/m0/s1. The molecular formula is C31H52O4. The number of ketones is 1. The van der Waals surface area contributed by atoms with Crippen LogP contribution in [0.15, 0.2) is 11.6 Å². The maximum absolute atomic E-state index is 12.8. The Morgan fingerprint density at radius 1 is 1.09 bits per heavy atom. The Morgan fingerprint density at radius 2 is 1.74 bits per heavy atom. The van der Waals surface area contributed by atoms with Crippen molar-refractivity contribution >= 4 is 5.78 Å². The number of carbonyl (C=O) groups excluding carboxylic acids is 1. The van der Waals surface area contributed by atoms with Crippen molar-refractivity contribution in [2.45, 2.75) is 125 Å². The van der Waals surface area contributed by atoms with Crippen LogP contribution in [-0.2, 0) is 9.53 Å². The molecule has 0 aromatic rings. The predicted octanol–water partition coefficient (Wildman–Crippen LogP) is 6.33. The Kier molecular flexibility index (Phi) is 6.77. The van der Waals surface area contributed by atoms with Crippen LogP contribution in [0.2, 0.25) is 0 Å². The first-order valence-corrected chi connectivity index (χ1v) is 14.2. The van der Waals surface area contributed by atoms with Crippen molar-refractivity contribution < 1.29 is 19.7 Å². The number of rotatable bonds is 6. The fourth-order valence-electron chi connectivity index (χ4n) is 9.72. The number of allylic oxidation sites excluding steroid dienone is 2. The zero-order valence-electron chi connectivity index (χ0n) is 23.9. The smallest absolute Gasteiger partial charge is 0.138 e. The monoisotopic (exact) mass is 488 g/mol. The first-order valence-electron chi connectivity index (χ1n) is 14.2. The van der Waals surface area contributed by atoms with Gasteiger partial charge in [0.15, 0.2) is 0 Å². The van der Waals surface area contributed by atoms with Gasteiger partial charge in [0, 0.05) is 18.9 Å². The number of aliphatic hydroxyl groups is 2. The Labute approximate surface area is 214 Å². The van der Waals surface area contributed by atoms with Crippen molar-refractivity contribution in [3.05, 3.63) is 11.6 Å². The van der Waals surface area contributed by atoms with E-state index in [2.05, 4.69) is 47.6 Å². The van der Waals surface area contributed by atoms with Crippen LogP contribution in [0.1, 0.15) is 107 Å². The highest BCUT2D eigenvalue weighted by atomic mass is 16.5. The largest absolute Gasteiger partial charge is 0.390 e. The van der Waals surface area contributed by atoms with Gasteiger partial charge in [0.25, 0.3) is 0 Å². The van der Waals surface area contributed by atoms with Crippen LogP contribution in [0, 0.1) is 45.3 Å². The van der Waals surface area contributed by atoms with Crippen LogP contribution in [0.5, 0.6) is 0 Å². The van der Waals surface area contributed by atoms with Gasteiger partial charge in [0.1, 0.15) is 11.9 Å². The second-order valence-corrected chi connectivity index (χ2v) is 14.6. The number of hydrogen-bond donors (Lipinski definition) is 2. The molecule has 4 heteroatoms. The predicted molar refractivity (Wildman–Crippen MR) is 141 cm³/mol. The fraction of sp³-hybridized carbons (Fsp3) is 0.903. The van der Waals surface area contributed by atoms with Gasteiger partial charge < -0.3 is 14.9 Å². The van der Waals surface area contributed by atoms with Gasteiger partial charge in [-0.3, -0.25) is 4.79 Å². The summed E-state index contributed by atoms with van der Waals surface area (Å²) in [6.07, 6.45) is 9.08. The summed E-state index contributed by atoms with van der Waals surface area (Å²) >= 11 is 0. The Hall–Kier alpha value is -0.710. The molecular weight excluding hydrogens is 436 g/mol. The number of carbonyl (C=O) groups is 1. The van der Waals surface area contributed by atoms with Crippen molar-refractivity contribution in [3.63, 3.8) is 0 Å². The van der Waals surface area contributed by atoms with Gasteiger partial charge in [-0.2, -0.15) is 0 Å². The van der Waals surface area contributed by atoms with E-state index in [1.165, 1.54) is 25.7 Å². The van der Waals surface area contributed by atoms with Crippen molar-refractivity contribution in [1.29, 1.82) is 0 Å². The molecule has 4 nitrogen and oxygen atoms in total. The molecule has 2 N–H and O–H groups in total. The summed E-state index contributed by atoms with van der Waals surface area (Å²) in [6.45, 7) is 17.9. The molecule has 0 spiro atoms. The van der Waals surface area contributed by atoms with Crippen molar-refractivity contribution in [3.8, 4) is 0 Å². The van der Waals surface area contributed by atoms with E-state index in [0.717, 1.165) is 19.3 Å². The van der Waals surface area contributed by atoms with E-state index in [-0.39, 0.29) is 21.7 Å². The summed E-state index contributed by atoms with van der Waals surface area (Å²) in [7, 11) is 1.59. The summed E-state index contributed by atoms with van der Waals surface area (Å²) in [6, 6.07) is 0. The number of fused-ring (bicyclic) bond motifs is 5. The molecule has 0 bridgehead atoms. The van der Waals surface area contributed by atoms with Crippen LogP contribution in [0.25, 0.3) is 0 Å². The molecule has 4 rings (SSSR count). The lowest BCUT2D eigenvalue weighted by Crippen LogP contribution is -2.57. The van der Waals surface area contributed by atoms with Crippen LogP contribution in [0.3, 0.4) is 0 Å². The van der Waals surface area contributed by atoms with Gasteiger partial charge in [-0.25, -0.2) is 0 Å². The van der Waals surface area contributed by atoms with E-state index in [1.54, 1.807) is 12.7 Å². The first-order chi connectivity index (χ1) is 16.1. The van der Waals surface area contributed by atoms with Gasteiger partial charge in [0.2, 0.25) is 0 Å². The van der Waals surface area contributed by atoms with Crippen LogP contribution >= 0.6 is 0 Å². The number of methoxy groups -OCH3 is 1. The fourth-order valence-corrected chi connectivity index (χ4v) is 9.72. The summed E-state index contributed by atoms with van der Waals surface area (Å²) < 4.78 is 5.44. The molecule has 0 aliphatic heterocycles. The number of Topliss-reactive ketones (excluding diaryl/α,β-unsaturated/α-hetero) is 1. The van der Waals surface area contributed by atoms with Crippen LogP contribution in [-0.4, -0.2) is 40.9 Å². The summed E-state index contributed by atoms with van der Waals surface area (Å²) in [5.74, 6) is 2.33. The third kappa shape index (κ3) is 3.83. The van der Waals surface area contributed by atoms with Crippen LogP contribution in [0.4, 0.5) is 0 Å². The van der Waals surface area contributed by atoms with E-state index in [0.29, 0.717) is 35.9 Å². The van der Waals surface area contributed by atoms with E-state index in [9.17, 15) is 15.0 Å². The number of hydrogen-bond acceptors (Lipinski definition) is 4. The molecule has 3 saturated carbocycles. The average molecular weight is 489 g/mol. The minimum Gasteiger partial charge on any atom is -0.390 e. The zero-order chi connectivity index (χ0) is 26.2. The SMILES string of the molecule is COC(C)(C)[C@@H](O)[C@H](O)C[C@H](C)[C@@H]1CC[C@]2(C)C3=CC[C@H]4C(C)(C)C(=O)CC[C@]4(C)[C@H]3CC[C@@]12C. The van der Waals surface area contributed by atoms with E-state index >= 15 is 0 Å². The molecule has 9 atom stereocenters. The normalized spacial score (nSPS) is 43.5. The topological polar surface area (TPSA) is 66.8 Å². The molecule has 0 saturated heterocycles. The summed E-state index contributed by atoms with van der Waals surface area (Å²) in [4.78, 5) is 12.8. The van der Waals surface area contributed by atoms with E-state index in [1.807, 2.05) is 13.8 Å². The molecule has 0 amide bonds. The lowest BCUT2D eigenvalue weighted by molar-refractivity contribution is -0.146. The van der Waals surface area contributed by atoms with Crippen molar-refractivity contribution in [1.82, 2.24) is 0 Å². The number of ether oxygens (including phenoxy) is 1. The zero-order valence-corrected chi connectivity index (χ0v) is 23.9. The summed E-state index contributed by atoms with van der Waals surface area (Å²) in [5.41, 5.74) is 1.27. The Balaban J connectivity index is 1.59. The highest BCUT2D eigenvalue weighted by Crippen LogP contribution is 2.73. The minimum absolute atomic E-state index is 0.170. The van der Waals surface area contributed by atoms with Gasteiger partial charge in [-0.05, 0) is 98.7 Å². The van der Waals surface area contributed by atoms with Crippen molar-refractivity contribution in [2.24, 2.45) is 45.3 Å². The van der Waals surface area contributed by atoms with Gasteiger partial charge in [0.05, 0.1) is 11.7 Å². The second kappa shape index (κ2) is 8.67. The van der Waals surface area contributed by atoms with Gasteiger partial charge in [-0.1, -0.05) is 53.2 Å². The van der Waals surface area contributed by atoms with Gasteiger partial charge in [-0.15, -0.1) is 0 Å². The molecule has 0 unspecified atom stereocenters. The molecule has 4 aliphatic carbocycles. The summed E-state index contributed by atoms with van der Waals surface area (Å²) in [5, 5.41) is 21.6. The highest BCUT2D eigenvalue weighted by Gasteiger charge is 2.65. The molecule has 4 aliphatic rings. The molecule has 0 heterocycles. The van der Waals surface area contributed by atoms with Crippen LogP contribution < -0.4 is 0 Å². The van der Waals surface area contributed by atoms with E-state index in [4.69, 9.17) is 4.74 Å². The first kappa shape index (κ1) is 27.3. The van der Waals surface area contributed by atoms with Gasteiger partial charge >= 0.3 is 0 Å². The molecule has 35 heavy (non-hydrogen) atoms. The maximum atomic E-state index is 12.8. The lowest BCUT2D eigenvalue weighted by atomic mass is 9.41. The third-order valence-corrected chi connectivity index (χ3v) is 12.5. The molecule has 3 fully saturated rings. The quantitative estimate of drug-likeness (QED) is 0.429. The number of aliphatic hydroxyl groups excluding tert-OH is 2.